The fourth-order valence-corrected chi connectivity index (χ4v) is 1.41. The summed E-state index contributed by atoms with van der Waals surface area (Å²) in [6.45, 7) is 2.16. The van der Waals surface area contributed by atoms with Crippen LogP contribution in [0.25, 0.3) is 6.08 Å². The van der Waals surface area contributed by atoms with Crippen LogP contribution in [0, 0.1) is 0 Å². The molecule has 0 unspecified atom stereocenters. The second-order valence-electron chi connectivity index (χ2n) is 3.42. The summed E-state index contributed by atoms with van der Waals surface area (Å²) in [5.74, 6) is 1.81. The highest BCUT2D eigenvalue weighted by Crippen LogP contribution is 2.12. The Morgan fingerprint density at radius 3 is 2.87 bits per heavy atom. The van der Waals surface area contributed by atoms with E-state index in [1.54, 1.807) is 0 Å². The van der Waals surface area contributed by atoms with Crippen LogP contribution < -0.4 is 0 Å². The molecule has 1 nitrogen and oxygen atoms in total. The third kappa shape index (κ3) is 3.97. The topological polar surface area (TPSA) is 17.1 Å². The first kappa shape index (κ1) is 11.5. The first-order chi connectivity index (χ1) is 7.38. The summed E-state index contributed by atoms with van der Waals surface area (Å²) in [6, 6.07) is 8.12. The minimum absolute atomic E-state index is 0.663. The number of allylic oxidation sites excluding steroid dienone is 2. The molecule has 1 aromatic rings. The van der Waals surface area contributed by atoms with Gasteiger partial charge in [-0.2, -0.15) is 0 Å². The van der Waals surface area contributed by atoms with Crippen LogP contribution in [0.4, 0.5) is 0 Å². The molecule has 0 radical (unpaired) electrons. The zero-order chi connectivity index (χ0) is 10.9. The normalized spacial score (nSPS) is 10.2. The molecular formula is C14H16O. The van der Waals surface area contributed by atoms with Gasteiger partial charge in [-0.15, -0.1) is 0 Å². The van der Waals surface area contributed by atoms with E-state index < -0.39 is 0 Å². The molecule has 0 amide bonds. The Kier molecular flexibility index (Phi) is 5.21. The van der Waals surface area contributed by atoms with Gasteiger partial charge in [-0.05, 0) is 17.5 Å². The Morgan fingerprint density at radius 2 is 2.13 bits per heavy atom. The lowest BCUT2D eigenvalue weighted by molar-refractivity contribution is 0.568. The van der Waals surface area contributed by atoms with Crippen molar-refractivity contribution < 1.29 is 4.79 Å². The Labute approximate surface area is 91.1 Å². The molecule has 0 atom stereocenters. The Balaban J connectivity index is 2.80. The van der Waals surface area contributed by atoms with E-state index in [4.69, 9.17) is 0 Å². The maximum Gasteiger partial charge on any atom is 0.120 e. The van der Waals surface area contributed by atoms with E-state index in [9.17, 15) is 4.79 Å². The van der Waals surface area contributed by atoms with Crippen molar-refractivity contribution in [3.8, 4) is 0 Å². The summed E-state index contributed by atoms with van der Waals surface area (Å²) in [5, 5.41) is 0. The van der Waals surface area contributed by atoms with Crippen LogP contribution in [0.5, 0.6) is 0 Å². The molecule has 0 aliphatic carbocycles. The molecule has 0 aliphatic rings. The van der Waals surface area contributed by atoms with Crippen LogP contribution in [0.1, 0.15) is 30.9 Å². The largest absolute Gasteiger partial charge is 0.234 e. The zero-order valence-electron chi connectivity index (χ0n) is 9.07. The number of benzene rings is 1. The van der Waals surface area contributed by atoms with Crippen molar-refractivity contribution in [2.45, 2.75) is 26.2 Å². The molecule has 0 spiro atoms. The van der Waals surface area contributed by atoms with E-state index >= 15 is 0 Å². The third-order valence-corrected chi connectivity index (χ3v) is 2.21. The number of hydrogen-bond acceptors (Lipinski definition) is 1. The molecule has 0 heterocycles. The average Bonchev–Trinajstić information content (AvgIpc) is 2.28. The van der Waals surface area contributed by atoms with Gasteiger partial charge < -0.3 is 0 Å². The lowest BCUT2D eigenvalue weighted by Gasteiger charge is -2.01. The van der Waals surface area contributed by atoms with E-state index in [-0.39, 0.29) is 0 Å². The van der Waals surface area contributed by atoms with Crippen molar-refractivity contribution in [1.29, 1.82) is 0 Å². The van der Waals surface area contributed by atoms with E-state index in [1.165, 1.54) is 17.2 Å². The SMILES string of the molecule is CCC/C=C/c1ccccc1CC=C=O. The summed E-state index contributed by atoms with van der Waals surface area (Å²) in [6.07, 6.45) is 8.73. The molecule has 0 N–H and O–H groups in total. The van der Waals surface area contributed by atoms with Gasteiger partial charge in [-0.1, -0.05) is 49.8 Å². The van der Waals surface area contributed by atoms with Crippen LogP contribution in [-0.2, 0) is 11.2 Å². The molecular weight excluding hydrogens is 184 g/mol. The zero-order valence-corrected chi connectivity index (χ0v) is 9.07. The number of hydrogen-bond donors (Lipinski definition) is 0. The van der Waals surface area contributed by atoms with Crippen LogP contribution in [0.15, 0.2) is 36.4 Å². The van der Waals surface area contributed by atoms with E-state index in [2.05, 4.69) is 25.1 Å². The molecule has 1 rings (SSSR count). The molecule has 0 fully saturated rings. The highest BCUT2D eigenvalue weighted by molar-refractivity contribution is 5.55. The Bertz CT molecular complexity index is 371. The predicted octanol–water partition coefficient (Wildman–Crippen LogP) is 3.43. The van der Waals surface area contributed by atoms with Gasteiger partial charge in [-0.3, -0.25) is 0 Å². The van der Waals surface area contributed by atoms with Crippen molar-refractivity contribution in [3.63, 3.8) is 0 Å². The van der Waals surface area contributed by atoms with Crippen LogP contribution >= 0.6 is 0 Å². The maximum atomic E-state index is 10.2. The van der Waals surface area contributed by atoms with Gasteiger partial charge in [0.15, 0.2) is 0 Å². The van der Waals surface area contributed by atoms with Crippen molar-refractivity contribution >= 4 is 12.0 Å². The summed E-state index contributed by atoms with van der Waals surface area (Å²) in [4.78, 5) is 10.2. The minimum atomic E-state index is 0.663. The van der Waals surface area contributed by atoms with Crippen molar-refractivity contribution in [2.75, 3.05) is 0 Å². The quantitative estimate of drug-likeness (QED) is 0.665. The van der Waals surface area contributed by atoms with Crippen LogP contribution in [-0.4, -0.2) is 5.94 Å². The summed E-state index contributed by atoms with van der Waals surface area (Å²) in [5.41, 5.74) is 2.37. The van der Waals surface area contributed by atoms with E-state index in [0.717, 1.165) is 12.8 Å². The van der Waals surface area contributed by atoms with Crippen LogP contribution in [0.2, 0.25) is 0 Å². The number of rotatable bonds is 5. The minimum Gasteiger partial charge on any atom is -0.234 e. The molecule has 0 aliphatic heterocycles. The molecule has 0 aromatic heterocycles. The van der Waals surface area contributed by atoms with Gasteiger partial charge in [0.05, 0.1) is 0 Å². The van der Waals surface area contributed by atoms with Crippen molar-refractivity contribution in [1.82, 2.24) is 0 Å². The van der Waals surface area contributed by atoms with Crippen molar-refractivity contribution in [3.05, 3.63) is 47.5 Å². The van der Waals surface area contributed by atoms with Crippen molar-refractivity contribution in [2.24, 2.45) is 0 Å². The van der Waals surface area contributed by atoms with Gasteiger partial charge in [0.1, 0.15) is 5.94 Å². The molecule has 15 heavy (non-hydrogen) atoms. The fourth-order valence-electron chi connectivity index (χ4n) is 1.41. The Hall–Kier alpha value is -1.59. The molecule has 1 aromatic carbocycles. The first-order valence-corrected chi connectivity index (χ1v) is 5.32. The van der Waals surface area contributed by atoms with Gasteiger partial charge in [0.2, 0.25) is 0 Å². The molecule has 0 saturated carbocycles. The van der Waals surface area contributed by atoms with E-state index in [1.807, 2.05) is 24.1 Å². The maximum absolute atomic E-state index is 10.2. The predicted molar refractivity (Wildman–Crippen MR) is 64.4 cm³/mol. The Morgan fingerprint density at radius 1 is 1.33 bits per heavy atom. The third-order valence-electron chi connectivity index (χ3n) is 2.21. The lowest BCUT2D eigenvalue weighted by Crippen LogP contribution is -1.86. The van der Waals surface area contributed by atoms with Gasteiger partial charge in [0.25, 0.3) is 0 Å². The average molecular weight is 200 g/mol. The smallest absolute Gasteiger partial charge is 0.120 e. The molecule has 1 heteroatoms. The standard InChI is InChI=1S/C14H16O/c1-2-3-4-8-13-9-5-6-10-14(13)11-7-12-15/h4-10H,2-3,11H2,1H3/b8-4+. The highest BCUT2D eigenvalue weighted by atomic mass is 16.1. The summed E-state index contributed by atoms with van der Waals surface area (Å²) in [7, 11) is 0. The first-order valence-electron chi connectivity index (χ1n) is 5.32. The molecule has 0 bridgehead atoms. The fraction of sp³-hybridized carbons (Fsp3) is 0.286. The second kappa shape index (κ2) is 6.80. The molecule has 78 valence electrons. The van der Waals surface area contributed by atoms with Gasteiger partial charge in [0, 0.05) is 12.5 Å². The number of carbonyl (C=O) groups excluding carboxylic acids is 1. The second-order valence-corrected chi connectivity index (χ2v) is 3.42. The van der Waals surface area contributed by atoms with Gasteiger partial charge in [-0.25, -0.2) is 4.79 Å². The van der Waals surface area contributed by atoms with Gasteiger partial charge >= 0.3 is 0 Å². The highest BCUT2D eigenvalue weighted by Gasteiger charge is 1.95. The monoisotopic (exact) mass is 200 g/mol. The van der Waals surface area contributed by atoms with Crippen LogP contribution in [0.3, 0.4) is 0 Å². The molecule has 0 saturated heterocycles. The summed E-state index contributed by atoms with van der Waals surface area (Å²) < 4.78 is 0. The van der Waals surface area contributed by atoms with E-state index in [0.29, 0.717) is 6.42 Å². The lowest BCUT2D eigenvalue weighted by atomic mass is 10.0. The number of unbranched alkanes of at least 4 members (excludes halogenated alkanes) is 1. The summed E-state index contributed by atoms with van der Waals surface area (Å²) >= 11 is 0.